The summed E-state index contributed by atoms with van der Waals surface area (Å²) >= 11 is 0. The first-order valence-electron chi connectivity index (χ1n) is 5.26. The Balaban J connectivity index is 2.69. The van der Waals surface area contributed by atoms with Gasteiger partial charge in [0.15, 0.2) is 0 Å². The monoisotopic (exact) mass is 201 g/mol. The van der Waals surface area contributed by atoms with Gasteiger partial charge in [-0.2, -0.15) is 0 Å². The summed E-state index contributed by atoms with van der Waals surface area (Å²) in [5.74, 6) is -0.812. The Bertz CT molecular complexity index is 204. The zero-order valence-corrected chi connectivity index (χ0v) is 8.81. The van der Waals surface area contributed by atoms with Crippen LogP contribution in [0.1, 0.15) is 33.1 Å². The van der Waals surface area contributed by atoms with E-state index in [-0.39, 0.29) is 6.04 Å². The van der Waals surface area contributed by atoms with E-state index in [2.05, 4.69) is 13.8 Å². The summed E-state index contributed by atoms with van der Waals surface area (Å²) in [4.78, 5) is 12.9. The molecule has 0 aromatic rings. The summed E-state index contributed by atoms with van der Waals surface area (Å²) in [6.45, 7) is 4.61. The summed E-state index contributed by atoms with van der Waals surface area (Å²) in [6.07, 6.45) is 1.77. The van der Waals surface area contributed by atoms with Crippen LogP contribution in [0.2, 0.25) is 0 Å². The van der Waals surface area contributed by atoms with Gasteiger partial charge in [-0.15, -0.1) is 0 Å². The third-order valence-electron chi connectivity index (χ3n) is 3.01. The minimum atomic E-state index is -0.812. The number of hydrogen-bond donors (Lipinski definition) is 2. The molecule has 0 radical (unpaired) electrons. The zero-order valence-electron chi connectivity index (χ0n) is 8.81. The number of likely N-dealkylation sites (tertiary alicyclic amines) is 1. The molecule has 1 heterocycles. The molecule has 0 amide bonds. The first kappa shape index (κ1) is 11.5. The molecular formula is C10H19NO3. The van der Waals surface area contributed by atoms with Crippen molar-refractivity contribution in [1.82, 2.24) is 4.90 Å². The molecule has 1 saturated heterocycles. The third kappa shape index (κ3) is 2.25. The summed E-state index contributed by atoms with van der Waals surface area (Å²) in [7, 11) is 0. The van der Waals surface area contributed by atoms with Gasteiger partial charge < -0.3 is 10.2 Å². The number of carboxylic acids is 1. The van der Waals surface area contributed by atoms with Crippen molar-refractivity contribution in [3.8, 4) is 0 Å². The topological polar surface area (TPSA) is 60.8 Å². The number of nitrogens with zero attached hydrogens (tertiary/aromatic N) is 1. The van der Waals surface area contributed by atoms with E-state index in [1.54, 1.807) is 0 Å². The molecule has 1 rings (SSSR count). The van der Waals surface area contributed by atoms with Crippen molar-refractivity contribution in [3.63, 3.8) is 0 Å². The molecule has 0 saturated carbocycles. The maximum absolute atomic E-state index is 10.9. The predicted octanol–water partition coefficient (Wildman–Crippen LogP) is 0.695. The van der Waals surface area contributed by atoms with Crippen molar-refractivity contribution in [2.45, 2.75) is 51.3 Å². The van der Waals surface area contributed by atoms with Gasteiger partial charge in [-0.1, -0.05) is 13.8 Å². The van der Waals surface area contributed by atoms with Gasteiger partial charge in [0.05, 0.1) is 6.10 Å². The van der Waals surface area contributed by atoms with Crippen molar-refractivity contribution in [3.05, 3.63) is 0 Å². The van der Waals surface area contributed by atoms with Gasteiger partial charge in [-0.05, 0) is 12.8 Å². The molecule has 0 spiro atoms. The van der Waals surface area contributed by atoms with E-state index >= 15 is 0 Å². The van der Waals surface area contributed by atoms with Crippen LogP contribution in [0.5, 0.6) is 0 Å². The fourth-order valence-corrected chi connectivity index (χ4v) is 2.24. The van der Waals surface area contributed by atoms with Gasteiger partial charge in [-0.25, -0.2) is 0 Å². The zero-order chi connectivity index (χ0) is 10.7. The van der Waals surface area contributed by atoms with E-state index in [9.17, 15) is 9.90 Å². The standard InChI is InChI=1S/C10H19NO3/c1-3-7(4-2)11-6-8(12)5-9(11)10(13)14/h7-9,12H,3-6H2,1-2H3,(H,13,14)/t8-,9?/m0/s1. The van der Waals surface area contributed by atoms with Gasteiger partial charge in [0, 0.05) is 19.0 Å². The first-order valence-corrected chi connectivity index (χ1v) is 5.26. The third-order valence-corrected chi connectivity index (χ3v) is 3.01. The molecule has 0 aliphatic carbocycles. The van der Waals surface area contributed by atoms with Crippen LogP contribution >= 0.6 is 0 Å². The van der Waals surface area contributed by atoms with E-state index in [4.69, 9.17) is 5.11 Å². The van der Waals surface area contributed by atoms with Crippen LogP contribution in [-0.4, -0.2) is 45.8 Å². The SMILES string of the molecule is CCC(CC)N1C[C@@H](O)CC1C(=O)O. The Morgan fingerprint density at radius 3 is 2.50 bits per heavy atom. The number of carbonyl (C=O) groups is 1. The quantitative estimate of drug-likeness (QED) is 0.702. The van der Waals surface area contributed by atoms with Crippen molar-refractivity contribution < 1.29 is 15.0 Å². The summed E-state index contributed by atoms with van der Waals surface area (Å²) in [6, 6.07) is -0.205. The minimum absolute atomic E-state index is 0.285. The molecule has 1 aliphatic rings. The lowest BCUT2D eigenvalue weighted by Gasteiger charge is -2.29. The lowest BCUT2D eigenvalue weighted by atomic mass is 10.1. The fourth-order valence-electron chi connectivity index (χ4n) is 2.24. The molecule has 82 valence electrons. The second kappa shape index (κ2) is 4.75. The van der Waals surface area contributed by atoms with Crippen molar-refractivity contribution in [2.24, 2.45) is 0 Å². The van der Waals surface area contributed by atoms with Gasteiger partial charge >= 0.3 is 5.97 Å². The second-order valence-corrected chi connectivity index (χ2v) is 3.91. The fraction of sp³-hybridized carbons (Fsp3) is 0.900. The molecule has 1 aliphatic heterocycles. The maximum atomic E-state index is 10.9. The second-order valence-electron chi connectivity index (χ2n) is 3.91. The van der Waals surface area contributed by atoms with Crippen LogP contribution in [0.25, 0.3) is 0 Å². The lowest BCUT2D eigenvalue weighted by Crippen LogP contribution is -2.42. The molecule has 1 fully saturated rings. The van der Waals surface area contributed by atoms with Crippen LogP contribution in [0.4, 0.5) is 0 Å². The lowest BCUT2D eigenvalue weighted by molar-refractivity contribution is -0.143. The number of aliphatic carboxylic acids is 1. The van der Waals surface area contributed by atoms with Gasteiger partial charge in [0.25, 0.3) is 0 Å². The Morgan fingerprint density at radius 2 is 2.07 bits per heavy atom. The average molecular weight is 201 g/mol. The normalized spacial score (nSPS) is 28.6. The van der Waals surface area contributed by atoms with E-state index in [0.717, 1.165) is 12.8 Å². The molecule has 1 unspecified atom stereocenters. The molecule has 0 bridgehead atoms. The highest BCUT2D eigenvalue weighted by Gasteiger charge is 2.38. The van der Waals surface area contributed by atoms with Gasteiger partial charge in [0.1, 0.15) is 6.04 Å². The molecule has 0 aromatic carbocycles. The first-order chi connectivity index (χ1) is 6.60. The molecule has 2 N–H and O–H groups in total. The Hall–Kier alpha value is -0.610. The maximum Gasteiger partial charge on any atom is 0.321 e. The molecule has 4 nitrogen and oxygen atoms in total. The predicted molar refractivity (Wildman–Crippen MR) is 53.1 cm³/mol. The smallest absolute Gasteiger partial charge is 0.321 e. The number of carboxylic acid groups (broad SMARTS) is 1. The summed E-state index contributed by atoms with van der Waals surface area (Å²) in [5, 5.41) is 18.4. The van der Waals surface area contributed by atoms with Gasteiger partial charge in [0.2, 0.25) is 0 Å². The van der Waals surface area contributed by atoms with E-state index < -0.39 is 18.1 Å². The van der Waals surface area contributed by atoms with E-state index in [1.165, 1.54) is 0 Å². The van der Waals surface area contributed by atoms with Crippen LogP contribution in [0.3, 0.4) is 0 Å². The summed E-state index contributed by atoms with van der Waals surface area (Å²) < 4.78 is 0. The van der Waals surface area contributed by atoms with Crippen molar-refractivity contribution in [1.29, 1.82) is 0 Å². The minimum Gasteiger partial charge on any atom is -0.480 e. The van der Waals surface area contributed by atoms with Crippen LogP contribution < -0.4 is 0 Å². The van der Waals surface area contributed by atoms with Crippen LogP contribution in [0.15, 0.2) is 0 Å². The number of aliphatic hydroxyl groups is 1. The molecule has 4 heteroatoms. The molecule has 0 aromatic heterocycles. The number of aliphatic hydroxyl groups excluding tert-OH is 1. The van der Waals surface area contributed by atoms with E-state index in [1.807, 2.05) is 4.90 Å². The molecule has 14 heavy (non-hydrogen) atoms. The Kier molecular flexibility index (Phi) is 3.89. The highest BCUT2D eigenvalue weighted by atomic mass is 16.4. The largest absolute Gasteiger partial charge is 0.480 e. The average Bonchev–Trinajstić information content (AvgIpc) is 2.50. The highest BCUT2D eigenvalue weighted by Crippen LogP contribution is 2.23. The number of β-amino-alcohol motifs (C(OH)–C–C–N with tert-alkyl or cyclic N) is 1. The summed E-state index contributed by atoms with van der Waals surface area (Å²) in [5.41, 5.74) is 0. The van der Waals surface area contributed by atoms with Crippen molar-refractivity contribution in [2.75, 3.05) is 6.54 Å². The number of rotatable bonds is 4. The number of hydrogen-bond acceptors (Lipinski definition) is 3. The van der Waals surface area contributed by atoms with Crippen LogP contribution in [0, 0.1) is 0 Å². The van der Waals surface area contributed by atoms with Crippen LogP contribution in [-0.2, 0) is 4.79 Å². The molecular weight excluding hydrogens is 182 g/mol. The highest BCUT2D eigenvalue weighted by molar-refractivity contribution is 5.74. The van der Waals surface area contributed by atoms with Gasteiger partial charge in [-0.3, -0.25) is 9.69 Å². The van der Waals surface area contributed by atoms with Crippen molar-refractivity contribution >= 4 is 5.97 Å². The molecule has 2 atom stereocenters. The van der Waals surface area contributed by atoms with E-state index in [0.29, 0.717) is 13.0 Å². The Labute approximate surface area is 84.5 Å². The Morgan fingerprint density at radius 1 is 1.50 bits per heavy atom.